The number of amides is 2. The molecular weight excluding hydrogens is 364 g/mol. The molecule has 28 heavy (non-hydrogen) atoms. The maximum atomic E-state index is 12.6. The van der Waals surface area contributed by atoms with E-state index >= 15 is 0 Å². The fourth-order valence-electron chi connectivity index (χ4n) is 2.73. The maximum Gasteiger partial charge on any atom is 0.360 e. The molecule has 3 rings (SSSR count). The summed E-state index contributed by atoms with van der Waals surface area (Å²) in [6.45, 7) is 3.09. The van der Waals surface area contributed by atoms with Crippen molar-refractivity contribution < 1.29 is 28.6 Å². The number of para-hydroxylation sites is 1. The second-order valence-corrected chi connectivity index (χ2v) is 6.18. The first-order valence-corrected chi connectivity index (χ1v) is 8.65. The molecule has 2 amide bonds. The third kappa shape index (κ3) is 3.48. The Balaban J connectivity index is 1.85. The molecule has 0 bridgehead atoms. The molecule has 0 fully saturated rings. The third-order valence-electron chi connectivity index (χ3n) is 4.25. The number of fused-ring (bicyclic) bond motifs is 1. The number of carbonyl (C=O) groups excluding carboxylic acids is 3. The first-order valence-electron chi connectivity index (χ1n) is 8.65. The molecule has 0 radical (unpaired) electrons. The number of hydrogen-bond acceptors (Lipinski definition) is 6. The van der Waals surface area contributed by atoms with E-state index in [0.717, 1.165) is 0 Å². The van der Waals surface area contributed by atoms with Gasteiger partial charge in [0.2, 0.25) is 0 Å². The van der Waals surface area contributed by atoms with Crippen LogP contribution in [-0.4, -0.2) is 37.1 Å². The summed E-state index contributed by atoms with van der Waals surface area (Å²) in [7, 11) is 1.48. The van der Waals surface area contributed by atoms with Gasteiger partial charge in [0, 0.05) is 11.8 Å². The van der Waals surface area contributed by atoms with Crippen LogP contribution in [0.15, 0.2) is 42.5 Å². The number of hydrogen-bond donors (Lipinski definition) is 2. The predicted octanol–water partition coefficient (Wildman–Crippen LogP) is 2.60. The van der Waals surface area contributed by atoms with Crippen LogP contribution in [0.3, 0.4) is 0 Å². The number of carbonyl (C=O) groups is 3. The molecule has 146 valence electrons. The van der Waals surface area contributed by atoms with Crippen molar-refractivity contribution in [3.63, 3.8) is 0 Å². The Bertz CT molecular complexity index is 942. The van der Waals surface area contributed by atoms with Crippen LogP contribution in [0, 0.1) is 0 Å². The van der Waals surface area contributed by atoms with E-state index in [-0.39, 0.29) is 18.3 Å². The van der Waals surface area contributed by atoms with Crippen molar-refractivity contribution in [2.75, 3.05) is 24.4 Å². The molecule has 1 heterocycles. The fourth-order valence-corrected chi connectivity index (χ4v) is 2.73. The third-order valence-corrected chi connectivity index (χ3v) is 4.25. The van der Waals surface area contributed by atoms with Crippen molar-refractivity contribution in [3.05, 3.63) is 48.0 Å². The molecule has 0 aromatic heterocycles. The summed E-state index contributed by atoms with van der Waals surface area (Å²) in [5, 5.41) is 5.37. The smallest absolute Gasteiger partial charge is 0.360 e. The van der Waals surface area contributed by atoms with Gasteiger partial charge < -0.3 is 24.8 Å². The number of anilines is 2. The van der Waals surface area contributed by atoms with Crippen LogP contribution in [0.5, 0.6) is 11.5 Å². The summed E-state index contributed by atoms with van der Waals surface area (Å²) in [5.41, 5.74) is -0.624. The minimum Gasteiger partial charge on any atom is -0.496 e. The monoisotopic (exact) mass is 384 g/mol. The zero-order valence-corrected chi connectivity index (χ0v) is 15.7. The lowest BCUT2D eigenvalue weighted by Crippen LogP contribution is -2.55. The Morgan fingerprint density at radius 1 is 1.21 bits per heavy atom. The standard InChI is InChI=1S/C20H20N2O6/c1-4-27-19(25)20(2)18(24)22-14-10-9-12(11-16(14)28-20)21-17(23)13-7-5-6-8-15(13)26-3/h5-11H,4H2,1-3H3,(H,21,23)(H,22,24)/t20-/m1/s1. The molecule has 0 spiro atoms. The van der Waals surface area contributed by atoms with E-state index in [1.165, 1.54) is 20.1 Å². The molecule has 2 N–H and O–H groups in total. The van der Waals surface area contributed by atoms with Gasteiger partial charge in [-0.1, -0.05) is 12.1 Å². The van der Waals surface area contributed by atoms with Gasteiger partial charge in [0.1, 0.15) is 11.5 Å². The van der Waals surface area contributed by atoms with Crippen molar-refractivity contribution in [2.24, 2.45) is 0 Å². The largest absolute Gasteiger partial charge is 0.496 e. The lowest BCUT2D eigenvalue weighted by molar-refractivity contribution is -0.165. The summed E-state index contributed by atoms with van der Waals surface area (Å²) in [5.74, 6) is -1.10. The highest BCUT2D eigenvalue weighted by molar-refractivity contribution is 6.14. The van der Waals surface area contributed by atoms with Gasteiger partial charge in [0.05, 0.1) is 25.0 Å². The fraction of sp³-hybridized carbons (Fsp3) is 0.250. The van der Waals surface area contributed by atoms with Gasteiger partial charge in [0.15, 0.2) is 0 Å². The van der Waals surface area contributed by atoms with Crippen LogP contribution in [-0.2, 0) is 14.3 Å². The summed E-state index contributed by atoms with van der Waals surface area (Å²) >= 11 is 0. The first kappa shape index (κ1) is 19.2. The number of ether oxygens (including phenoxy) is 3. The van der Waals surface area contributed by atoms with E-state index in [9.17, 15) is 14.4 Å². The Morgan fingerprint density at radius 2 is 1.96 bits per heavy atom. The average molecular weight is 384 g/mol. The SMILES string of the molecule is CCOC(=O)[C@]1(C)Oc2cc(NC(=O)c3ccccc3OC)ccc2NC1=O. The topological polar surface area (TPSA) is 103 Å². The molecule has 0 saturated heterocycles. The average Bonchev–Trinajstić information content (AvgIpc) is 2.69. The number of benzene rings is 2. The lowest BCUT2D eigenvalue weighted by atomic mass is 10.0. The zero-order chi connectivity index (χ0) is 20.3. The quantitative estimate of drug-likeness (QED) is 0.607. The molecule has 1 atom stereocenters. The Morgan fingerprint density at radius 3 is 2.68 bits per heavy atom. The second-order valence-electron chi connectivity index (χ2n) is 6.18. The van der Waals surface area contributed by atoms with E-state index < -0.39 is 17.5 Å². The Labute approximate surface area is 161 Å². The van der Waals surface area contributed by atoms with Gasteiger partial charge in [-0.25, -0.2) is 4.79 Å². The van der Waals surface area contributed by atoms with Crippen LogP contribution < -0.4 is 20.1 Å². The molecule has 2 aromatic rings. The normalized spacial score (nSPS) is 17.6. The molecule has 0 unspecified atom stereocenters. The molecule has 8 heteroatoms. The minimum atomic E-state index is -1.81. The van der Waals surface area contributed by atoms with Gasteiger partial charge >= 0.3 is 5.97 Å². The molecule has 0 saturated carbocycles. The Kier molecular flexibility index (Phi) is 5.21. The Hall–Kier alpha value is -3.55. The maximum absolute atomic E-state index is 12.6. The molecular formula is C20H20N2O6. The minimum absolute atomic E-state index is 0.118. The second kappa shape index (κ2) is 7.59. The van der Waals surface area contributed by atoms with E-state index in [2.05, 4.69) is 10.6 Å². The van der Waals surface area contributed by atoms with Gasteiger partial charge in [-0.2, -0.15) is 0 Å². The molecule has 1 aliphatic heterocycles. The van der Waals surface area contributed by atoms with Gasteiger partial charge in [-0.05, 0) is 38.1 Å². The number of rotatable bonds is 5. The van der Waals surface area contributed by atoms with Gasteiger partial charge in [-0.3, -0.25) is 9.59 Å². The highest BCUT2D eigenvalue weighted by Gasteiger charge is 2.48. The first-order chi connectivity index (χ1) is 13.4. The van der Waals surface area contributed by atoms with E-state index in [1.807, 2.05) is 0 Å². The molecule has 2 aromatic carbocycles. The summed E-state index contributed by atoms with van der Waals surface area (Å²) < 4.78 is 15.8. The molecule has 1 aliphatic rings. The summed E-state index contributed by atoms with van der Waals surface area (Å²) in [6.07, 6.45) is 0. The molecule has 8 nitrogen and oxygen atoms in total. The van der Waals surface area contributed by atoms with Crippen LogP contribution in [0.4, 0.5) is 11.4 Å². The van der Waals surface area contributed by atoms with Crippen LogP contribution in [0.2, 0.25) is 0 Å². The summed E-state index contributed by atoms with van der Waals surface area (Å²) in [6, 6.07) is 11.5. The number of esters is 1. The molecule has 0 aliphatic carbocycles. The van der Waals surface area contributed by atoms with E-state index in [4.69, 9.17) is 14.2 Å². The van der Waals surface area contributed by atoms with Crippen LogP contribution in [0.1, 0.15) is 24.2 Å². The van der Waals surface area contributed by atoms with Crippen LogP contribution in [0.25, 0.3) is 0 Å². The highest BCUT2D eigenvalue weighted by Crippen LogP contribution is 2.36. The van der Waals surface area contributed by atoms with Gasteiger partial charge in [0.25, 0.3) is 17.4 Å². The predicted molar refractivity (Wildman–Crippen MR) is 102 cm³/mol. The number of nitrogens with one attached hydrogen (secondary N) is 2. The van der Waals surface area contributed by atoms with Crippen molar-refractivity contribution in [1.29, 1.82) is 0 Å². The van der Waals surface area contributed by atoms with Crippen molar-refractivity contribution in [2.45, 2.75) is 19.4 Å². The van der Waals surface area contributed by atoms with Crippen molar-refractivity contribution in [3.8, 4) is 11.5 Å². The van der Waals surface area contributed by atoms with Crippen molar-refractivity contribution >= 4 is 29.2 Å². The van der Waals surface area contributed by atoms with Crippen LogP contribution >= 0.6 is 0 Å². The van der Waals surface area contributed by atoms with E-state index in [1.54, 1.807) is 43.3 Å². The van der Waals surface area contributed by atoms with Gasteiger partial charge in [-0.15, -0.1) is 0 Å². The number of methoxy groups -OCH3 is 1. The lowest BCUT2D eigenvalue weighted by Gasteiger charge is -2.32. The zero-order valence-electron chi connectivity index (χ0n) is 15.7. The van der Waals surface area contributed by atoms with Crippen molar-refractivity contribution in [1.82, 2.24) is 0 Å². The highest BCUT2D eigenvalue weighted by atomic mass is 16.6. The summed E-state index contributed by atoms with van der Waals surface area (Å²) in [4.78, 5) is 37.0. The van der Waals surface area contributed by atoms with E-state index in [0.29, 0.717) is 22.7 Å².